The van der Waals surface area contributed by atoms with Crippen LogP contribution in [0.4, 0.5) is 11.5 Å². The second kappa shape index (κ2) is 7.83. The van der Waals surface area contributed by atoms with Crippen molar-refractivity contribution < 1.29 is 21.7 Å². The Morgan fingerprint density at radius 3 is 2.81 bits per heavy atom. The highest BCUT2D eigenvalue weighted by Crippen LogP contribution is 2.24. The number of anilines is 1. The number of aliphatic imine (C=N–C) groups is 1. The summed E-state index contributed by atoms with van der Waals surface area (Å²) in [6.45, 7) is 0.542. The molecule has 2 aromatic rings. The van der Waals surface area contributed by atoms with E-state index in [0.717, 1.165) is 5.56 Å². The third-order valence-electron chi connectivity index (χ3n) is 3.78. The molecular formula is C17H20ClN7O. The van der Waals surface area contributed by atoms with Crippen molar-refractivity contribution in [1.82, 2.24) is 9.78 Å². The average molecular weight is 374 g/mol. The quantitative estimate of drug-likeness (QED) is 0.417. The molecule has 9 heteroatoms. The van der Waals surface area contributed by atoms with Gasteiger partial charge in [-0.15, -0.1) is 0 Å². The molecule has 0 saturated heterocycles. The highest BCUT2D eigenvalue weighted by molar-refractivity contribution is 6.22. The zero-order valence-electron chi connectivity index (χ0n) is 14.5. The highest BCUT2D eigenvalue weighted by Gasteiger charge is 2.16. The molecule has 0 aliphatic heterocycles. The fraction of sp³-hybridized carbons (Fsp3) is 0.176. The van der Waals surface area contributed by atoms with E-state index < -0.39 is 0 Å². The van der Waals surface area contributed by atoms with Gasteiger partial charge in [-0.2, -0.15) is 5.10 Å². The lowest BCUT2D eigenvalue weighted by Crippen LogP contribution is -3.00. The van der Waals surface area contributed by atoms with Gasteiger partial charge in [-0.1, -0.05) is 0 Å². The first-order valence-electron chi connectivity index (χ1n) is 7.64. The third-order valence-corrected chi connectivity index (χ3v) is 3.78. The molecule has 2 heterocycles. The number of aromatic nitrogens is 3. The molecule has 0 radical (unpaired) electrons. The molecule has 0 amide bonds. The van der Waals surface area contributed by atoms with Crippen molar-refractivity contribution in [3.05, 3.63) is 59.9 Å². The monoisotopic (exact) mass is 373 g/mol. The maximum Gasteiger partial charge on any atom is 0.173 e. The standard InChI is InChI=1S/C17H20N7O.ClH/c1-23-5-3-4-11(9-23)10-24-17(20)15(8-21-24)22-14-7-16(25-2)13(19)6-12(14)18;/h3-9,19H,10,18,20H2,1-2H3;1H/q+1;/p-1/b19-13?,22-14-;. The van der Waals surface area contributed by atoms with E-state index in [1.165, 1.54) is 13.2 Å². The van der Waals surface area contributed by atoms with Gasteiger partial charge in [0.15, 0.2) is 12.4 Å². The summed E-state index contributed by atoms with van der Waals surface area (Å²) >= 11 is 0. The van der Waals surface area contributed by atoms with Crippen molar-refractivity contribution in [3.8, 4) is 0 Å². The van der Waals surface area contributed by atoms with Crippen LogP contribution >= 0.6 is 0 Å². The summed E-state index contributed by atoms with van der Waals surface area (Å²) < 4.78 is 8.80. The van der Waals surface area contributed by atoms with Crippen LogP contribution in [0, 0.1) is 5.41 Å². The Hall–Kier alpha value is -3.13. The predicted molar refractivity (Wildman–Crippen MR) is 95.5 cm³/mol. The van der Waals surface area contributed by atoms with E-state index in [1.54, 1.807) is 17.0 Å². The topological polar surface area (TPSA) is 119 Å². The predicted octanol–water partition coefficient (Wildman–Crippen LogP) is -2.18. The van der Waals surface area contributed by atoms with Crippen molar-refractivity contribution in [2.75, 3.05) is 12.8 Å². The molecule has 0 bridgehead atoms. The summed E-state index contributed by atoms with van der Waals surface area (Å²) in [5.74, 6) is 0.843. The molecule has 0 atom stereocenters. The molecule has 1 aliphatic carbocycles. The number of allylic oxidation sites excluding steroid dienone is 2. The molecule has 0 spiro atoms. The molecular weight excluding hydrogens is 354 g/mol. The smallest absolute Gasteiger partial charge is 0.173 e. The Morgan fingerprint density at radius 2 is 2.12 bits per heavy atom. The number of hydrogen-bond acceptors (Lipinski definition) is 6. The van der Waals surface area contributed by atoms with E-state index in [2.05, 4.69) is 10.1 Å². The number of ether oxygens (including phenoxy) is 1. The zero-order valence-corrected chi connectivity index (χ0v) is 15.2. The molecule has 2 aromatic heterocycles. The van der Waals surface area contributed by atoms with Gasteiger partial charge in [-0.25, -0.2) is 14.2 Å². The van der Waals surface area contributed by atoms with Gasteiger partial charge in [0.05, 0.1) is 37.0 Å². The number of nitrogen functional groups attached to an aromatic ring is 1. The van der Waals surface area contributed by atoms with Gasteiger partial charge in [0.2, 0.25) is 0 Å². The van der Waals surface area contributed by atoms with Crippen molar-refractivity contribution in [2.24, 2.45) is 17.8 Å². The van der Waals surface area contributed by atoms with E-state index in [-0.39, 0.29) is 18.1 Å². The lowest BCUT2D eigenvalue weighted by molar-refractivity contribution is -0.671. The van der Waals surface area contributed by atoms with Crippen LogP contribution in [0.15, 0.2) is 59.3 Å². The molecule has 3 rings (SSSR count). The van der Waals surface area contributed by atoms with Crippen molar-refractivity contribution >= 4 is 22.9 Å². The second-order valence-electron chi connectivity index (χ2n) is 5.67. The fourth-order valence-corrected chi connectivity index (χ4v) is 2.49. The number of nitrogens with zero attached hydrogens (tertiary/aromatic N) is 4. The molecule has 0 aromatic carbocycles. The van der Waals surface area contributed by atoms with E-state index in [9.17, 15) is 0 Å². The molecule has 0 saturated carbocycles. The first-order valence-corrected chi connectivity index (χ1v) is 7.64. The summed E-state index contributed by atoms with van der Waals surface area (Å²) in [5.41, 5.74) is 14.8. The second-order valence-corrected chi connectivity index (χ2v) is 5.67. The first-order chi connectivity index (χ1) is 12.0. The van der Waals surface area contributed by atoms with Crippen molar-refractivity contribution in [3.63, 3.8) is 0 Å². The van der Waals surface area contributed by atoms with Gasteiger partial charge < -0.3 is 28.6 Å². The van der Waals surface area contributed by atoms with Crippen LogP contribution in [-0.2, 0) is 18.3 Å². The Kier molecular flexibility index (Phi) is 5.78. The minimum atomic E-state index is 0. The number of nitrogens with two attached hydrogens (primary N) is 2. The fourth-order valence-electron chi connectivity index (χ4n) is 2.49. The van der Waals surface area contributed by atoms with Gasteiger partial charge in [0, 0.05) is 17.7 Å². The Morgan fingerprint density at radius 1 is 1.35 bits per heavy atom. The first kappa shape index (κ1) is 19.2. The van der Waals surface area contributed by atoms with Crippen molar-refractivity contribution in [1.29, 1.82) is 5.41 Å². The van der Waals surface area contributed by atoms with Crippen molar-refractivity contribution in [2.45, 2.75) is 6.54 Å². The van der Waals surface area contributed by atoms with Gasteiger partial charge in [-0.3, -0.25) is 5.41 Å². The van der Waals surface area contributed by atoms with E-state index in [4.69, 9.17) is 21.6 Å². The van der Waals surface area contributed by atoms with Crippen LogP contribution < -0.4 is 28.4 Å². The summed E-state index contributed by atoms with van der Waals surface area (Å²) in [6, 6.07) is 3.98. The number of methoxy groups -OCH3 is 1. The van der Waals surface area contributed by atoms with E-state index >= 15 is 0 Å². The number of nitrogens with one attached hydrogen (secondary N) is 1. The lowest BCUT2D eigenvalue weighted by Gasteiger charge is -2.12. The number of aryl methyl sites for hydroxylation is 1. The molecule has 0 fully saturated rings. The molecule has 5 N–H and O–H groups in total. The summed E-state index contributed by atoms with van der Waals surface area (Å²) in [5, 5.41) is 12.1. The van der Waals surface area contributed by atoms with Crippen LogP contribution in [0.5, 0.6) is 0 Å². The Balaban J connectivity index is 0.00000243. The van der Waals surface area contributed by atoms with Gasteiger partial charge in [0.25, 0.3) is 0 Å². The molecule has 0 unspecified atom stereocenters. The van der Waals surface area contributed by atoms with Crippen LogP contribution in [0.1, 0.15) is 5.56 Å². The van der Waals surface area contributed by atoms with Gasteiger partial charge in [0.1, 0.15) is 24.3 Å². The summed E-state index contributed by atoms with van der Waals surface area (Å²) in [4.78, 5) is 4.47. The average Bonchev–Trinajstić information content (AvgIpc) is 2.90. The maximum absolute atomic E-state index is 7.79. The molecule has 26 heavy (non-hydrogen) atoms. The number of rotatable bonds is 4. The number of halogens is 1. The molecule has 136 valence electrons. The minimum Gasteiger partial charge on any atom is -1.00 e. The number of hydrogen-bond donors (Lipinski definition) is 3. The molecule has 8 nitrogen and oxygen atoms in total. The van der Waals surface area contributed by atoms with Crippen LogP contribution in [0.2, 0.25) is 0 Å². The lowest BCUT2D eigenvalue weighted by atomic mass is 10.1. The number of pyridine rings is 1. The highest BCUT2D eigenvalue weighted by atomic mass is 35.5. The normalized spacial score (nSPS) is 15.3. The van der Waals surface area contributed by atoms with E-state index in [1.807, 2.05) is 36.1 Å². The minimum absolute atomic E-state index is 0. The van der Waals surface area contributed by atoms with E-state index in [0.29, 0.717) is 35.2 Å². The third kappa shape index (κ3) is 3.92. The SMILES string of the molecule is COC1=C/C(=N/c2cnn(Cc3ccc[n+](C)c3)c2N)C(N)=CC1=N.[Cl-]. The van der Waals surface area contributed by atoms with Gasteiger partial charge >= 0.3 is 0 Å². The largest absolute Gasteiger partial charge is 1.00 e. The Labute approximate surface area is 157 Å². The van der Waals surface area contributed by atoms with Crippen LogP contribution in [0.3, 0.4) is 0 Å². The summed E-state index contributed by atoms with van der Waals surface area (Å²) in [7, 11) is 3.46. The Bertz CT molecular complexity index is 927. The van der Waals surface area contributed by atoms with Crippen LogP contribution in [-0.4, -0.2) is 28.3 Å². The maximum atomic E-state index is 7.79. The van der Waals surface area contributed by atoms with Gasteiger partial charge in [-0.05, 0) is 12.1 Å². The molecule has 1 aliphatic rings. The van der Waals surface area contributed by atoms with Crippen LogP contribution in [0.25, 0.3) is 0 Å². The zero-order chi connectivity index (χ0) is 18.0. The summed E-state index contributed by atoms with van der Waals surface area (Å²) in [6.07, 6.45) is 8.68.